The minimum atomic E-state index is -0.450. The van der Waals surface area contributed by atoms with Crippen molar-refractivity contribution in [3.63, 3.8) is 0 Å². The van der Waals surface area contributed by atoms with Crippen molar-refractivity contribution in [2.45, 2.75) is 19.4 Å². The molecule has 1 saturated heterocycles. The number of ether oxygens (including phenoxy) is 1. The van der Waals surface area contributed by atoms with E-state index in [2.05, 4.69) is 4.90 Å². The molecule has 0 radical (unpaired) electrons. The topological polar surface area (TPSA) is 81.6 Å². The van der Waals surface area contributed by atoms with Gasteiger partial charge in [0.1, 0.15) is 5.69 Å². The molecule has 0 saturated carbocycles. The third-order valence-corrected chi connectivity index (χ3v) is 3.70. The number of piperidine rings is 1. The quantitative estimate of drug-likeness (QED) is 0.506. The maximum absolute atomic E-state index is 10.7. The molecule has 0 aromatic heterocycles. The van der Waals surface area contributed by atoms with Gasteiger partial charge < -0.3 is 10.5 Å². The molecule has 0 amide bonds. The second-order valence-electron chi connectivity index (χ2n) is 5.35. The summed E-state index contributed by atoms with van der Waals surface area (Å²) in [5.74, 6) is 0.573. The van der Waals surface area contributed by atoms with E-state index < -0.39 is 4.92 Å². The van der Waals surface area contributed by atoms with Gasteiger partial charge in [0.2, 0.25) is 0 Å². The van der Waals surface area contributed by atoms with Crippen molar-refractivity contribution in [2.75, 3.05) is 32.5 Å². The van der Waals surface area contributed by atoms with Crippen molar-refractivity contribution >= 4 is 11.4 Å². The Bertz CT molecular complexity index is 477. The minimum Gasteiger partial charge on any atom is -0.393 e. The Hall–Kier alpha value is -1.66. The van der Waals surface area contributed by atoms with Gasteiger partial charge in [-0.3, -0.25) is 15.0 Å². The normalized spacial score (nSPS) is 19.9. The molecule has 6 heteroatoms. The van der Waals surface area contributed by atoms with Gasteiger partial charge >= 0.3 is 0 Å². The zero-order chi connectivity index (χ0) is 14.5. The van der Waals surface area contributed by atoms with Crippen LogP contribution >= 0.6 is 0 Å². The summed E-state index contributed by atoms with van der Waals surface area (Å²) in [6.45, 7) is 3.63. The molecule has 1 aromatic rings. The highest BCUT2D eigenvalue weighted by molar-refractivity contribution is 5.59. The Kier molecular flexibility index (Phi) is 4.92. The number of anilines is 1. The van der Waals surface area contributed by atoms with Crippen LogP contribution in [0.3, 0.4) is 0 Å². The molecule has 20 heavy (non-hydrogen) atoms. The van der Waals surface area contributed by atoms with E-state index in [1.165, 1.54) is 12.5 Å². The number of methoxy groups -OCH3 is 1. The van der Waals surface area contributed by atoms with E-state index in [9.17, 15) is 10.1 Å². The van der Waals surface area contributed by atoms with Crippen molar-refractivity contribution in [3.8, 4) is 0 Å². The fraction of sp³-hybridized carbons (Fsp3) is 0.571. The van der Waals surface area contributed by atoms with E-state index in [4.69, 9.17) is 10.5 Å². The van der Waals surface area contributed by atoms with Gasteiger partial charge in [-0.05, 0) is 36.9 Å². The number of likely N-dealkylation sites (tertiary alicyclic amines) is 1. The summed E-state index contributed by atoms with van der Waals surface area (Å²) in [7, 11) is 1.73. The van der Waals surface area contributed by atoms with Crippen molar-refractivity contribution < 1.29 is 9.66 Å². The first-order valence-corrected chi connectivity index (χ1v) is 6.84. The molecule has 0 aliphatic carbocycles. The van der Waals surface area contributed by atoms with Crippen LogP contribution in [0.5, 0.6) is 0 Å². The monoisotopic (exact) mass is 279 g/mol. The predicted molar refractivity (Wildman–Crippen MR) is 77.4 cm³/mol. The van der Waals surface area contributed by atoms with Gasteiger partial charge in [-0.15, -0.1) is 0 Å². The Morgan fingerprint density at radius 1 is 1.55 bits per heavy atom. The Morgan fingerprint density at radius 2 is 2.35 bits per heavy atom. The van der Waals surface area contributed by atoms with E-state index in [-0.39, 0.29) is 11.4 Å². The zero-order valence-electron chi connectivity index (χ0n) is 11.7. The molecule has 6 nitrogen and oxygen atoms in total. The van der Waals surface area contributed by atoms with Gasteiger partial charge in [0, 0.05) is 26.3 Å². The van der Waals surface area contributed by atoms with Crippen LogP contribution in [-0.2, 0) is 11.3 Å². The van der Waals surface area contributed by atoms with Crippen LogP contribution in [0.1, 0.15) is 18.4 Å². The number of nitrogen functional groups attached to an aromatic ring is 1. The third-order valence-electron chi connectivity index (χ3n) is 3.70. The Morgan fingerprint density at radius 3 is 3.00 bits per heavy atom. The van der Waals surface area contributed by atoms with Crippen LogP contribution in [0.25, 0.3) is 0 Å². The molecule has 1 aliphatic rings. The lowest BCUT2D eigenvalue weighted by Gasteiger charge is -2.32. The summed E-state index contributed by atoms with van der Waals surface area (Å²) in [4.78, 5) is 12.6. The first kappa shape index (κ1) is 14.7. The predicted octanol–water partition coefficient (Wildman–Crippen LogP) is 2.04. The van der Waals surface area contributed by atoms with Crippen LogP contribution in [0.2, 0.25) is 0 Å². The molecular weight excluding hydrogens is 258 g/mol. The molecule has 1 aromatic carbocycles. The van der Waals surface area contributed by atoms with Crippen LogP contribution in [0, 0.1) is 16.0 Å². The highest BCUT2D eigenvalue weighted by Gasteiger charge is 2.20. The number of nitro groups is 1. The minimum absolute atomic E-state index is 0.0235. The number of nitrogens with two attached hydrogens (primary N) is 1. The third kappa shape index (κ3) is 3.68. The number of hydrogen-bond acceptors (Lipinski definition) is 5. The van der Waals surface area contributed by atoms with Crippen molar-refractivity contribution in [1.82, 2.24) is 4.90 Å². The maximum atomic E-state index is 10.7. The summed E-state index contributed by atoms with van der Waals surface area (Å²) in [6.07, 6.45) is 2.36. The van der Waals surface area contributed by atoms with E-state index in [0.717, 1.165) is 38.2 Å². The molecular formula is C14H21N3O3. The molecule has 1 heterocycles. The van der Waals surface area contributed by atoms with Gasteiger partial charge in [-0.25, -0.2) is 0 Å². The SMILES string of the molecule is COCC1CCCN(Cc2ccc([N+](=O)[O-])c(N)c2)C1. The van der Waals surface area contributed by atoms with Crippen molar-refractivity contribution in [3.05, 3.63) is 33.9 Å². The smallest absolute Gasteiger partial charge is 0.292 e. The maximum Gasteiger partial charge on any atom is 0.292 e. The van der Waals surface area contributed by atoms with Gasteiger partial charge in [0.25, 0.3) is 5.69 Å². The molecule has 1 fully saturated rings. The highest BCUT2D eigenvalue weighted by atomic mass is 16.6. The summed E-state index contributed by atoms with van der Waals surface area (Å²) in [6, 6.07) is 4.98. The second kappa shape index (κ2) is 6.67. The van der Waals surface area contributed by atoms with Gasteiger partial charge in [-0.2, -0.15) is 0 Å². The average molecular weight is 279 g/mol. The summed E-state index contributed by atoms with van der Waals surface area (Å²) in [5.41, 5.74) is 6.95. The lowest BCUT2D eigenvalue weighted by molar-refractivity contribution is -0.383. The van der Waals surface area contributed by atoms with Crippen LogP contribution in [-0.4, -0.2) is 36.6 Å². The van der Waals surface area contributed by atoms with Gasteiger partial charge in [0.15, 0.2) is 0 Å². The lowest BCUT2D eigenvalue weighted by Crippen LogP contribution is -2.36. The summed E-state index contributed by atoms with van der Waals surface area (Å²) in [5, 5.41) is 10.7. The van der Waals surface area contributed by atoms with Crippen LogP contribution in [0.4, 0.5) is 11.4 Å². The summed E-state index contributed by atoms with van der Waals surface area (Å²) < 4.78 is 5.22. The van der Waals surface area contributed by atoms with Crippen molar-refractivity contribution in [1.29, 1.82) is 0 Å². The number of nitro benzene ring substituents is 1. The molecule has 0 bridgehead atoms. The largest absolute Gasteiger partial charge is 0.393 e. The molecule has 2 rings (SSSR count). The van der Waals surface area contributed by atoms with Crippen LogP contribution in [0.15, 0.2) is 18.2 Å². The fourth-order valence-electron chi connectivity index (χ4n) is 2.79. The van der Waals surface area contributed by atoms with Crippen LogP contribution < -0.4 is 5.73 Å². The van der Waals surface area contributed by atoms with E-state index in [1.807, 2.05) is 0 Å². The zero-order valence-corrected chi connectivity index (χ0v) is 11.7. The number of nitrogens with zero attached hydrogens (tertiary/aromatic N) is 2. The number of benzene rings is 1. The number of rotatable bonds is 5. The first-order chi connectivity index (χ1) is 9.60. The van der Waals surface area contributed by atoms with E-state index in [1.54, 1.807) is 19.2 Å². The summed E-state index contributed by atoms with van der Waals surface area (Å²) >= 11 is 0. The molecule has 1 unspecified atom stereocenters. The first-order valence-electron chi connectivity index (χ1n) is 6.84. The average Bonchev–Trinajstić information content (AvgIpc) is 2.39. The van der Waals surface area contributed by atoms with Gasteiger partial charge in [-0.1, -0.05) is 6.07 Å². The molecule has 2 N–H and O–H groups in total. The molecule has 0 spiro atoms. The second-order valence-corrected chi connectivity index (χ2v) is 5.35. The lowest BCUT2D eigenvalue weighted by atomic mass is 9.98. The molecule has 1 aliphatic heterocycles. The van der Waals surface area contributed by atoms with Crippen molar-refractivity contribution in [2.24, 2.45) is 5.92 Å². The van der Waals surface area contributed by atoms with E-state index >= 15 is 0 Å². The highest BCUT2D eigenvalue weighted by Crippen LogP contribution is 2.24. The molecule has 110 valence electrons. The number of hydrogen-bond donors (Lipinski definition) is 1. The molecule has 1 atom stereocenters. The Labute approximate surface area is 118 Å². The standard InChI is InChI=1S/C14H21N3O3/c1-20-10-12-3-2-6-16(9-12)8-11-4-5-14(17(18)19)13(15)7-11/h4-5,7,12H,2-3,6,8-10,15H2,1H3. The van der Waals surface area contributed by atoms with E-state index in [0.29, 0.717) is 5.92 Å². The van der Waals surface area contributed by atoms with Gasteiger partial charge in [0.05, 0.1) is 11.5 Å². The Balaban J connectivity index is 1.99. The fourth-order valence-corrected chi connectivity index (χ4v) is 2.79.